The van der Waals surface area contributed by atoms with Crippen LogP contribution in [0.5, 0.6) is 0 Å². The standard InChI is InChI=1S/C23H19N3O4S/c1-2-30-23(29)20-18(15-8-4-3-5-9-15)14-31-21(20)25-19(27)13-26-22(28)17-11-7-6-10-16(17)12-24-26/h3-12,14H,2,13H2,1H3,(H,25,27). The van der Waals surface area contributed by atoms with Gasteiger partial charge in [-0.1, -0.05) is 48.5 Å². The summed E-state index contributed by atoms with van der Waals surface area (Å²) in [5.74, 6) is -0.976. The number of amides is 1. The predicted octanol–water partition coefficient (Wildman–Crippen LogP) is 3.94. The zero-order valence-corrected chi connectivity index (χ0v) is 17.5. The molecule has 0 aliphatic heterocycles. The Morgan fingerprint density at radius 2 is 1.84 bits per heavy atom. The molecule has 4 aromatic rings. The number of fused-ring (bicyclic) bond motifs is 1. The van der Waals surface area contributed by atoms with Gasteiger partial charge in [0.2, 0.25) is 5.91 Å². The molecule has 2 aromatic heterocycles. The molecule has 0 aliphatic carbocycles. The lowest BCUT2D eigenvalue weighted by Crippen LogP contribution is -2.29. The largest absolute Gasteiger partial charge is 0.462 e. The smallest absolute Gasteiger partial charge is 0.341 e. The van der Waals surface area contributed by atoms with Crippen molar-refractivity contribution in [1.82, 2.24) is 9.78 Å². The van der Waals surface area contributed by atoms with Crippen LogP contribution in [-0.2, 0) is 16.1 Å². The third-order valence-corrected chi connectivity index (χ3v) is 5.56. The molecule has 0 saturated carbocycles. The van der Waals surface area contributed by atoms with E-state index in [0.29, 0.717) is 26.9 Å². The summed E-state index contributed by atoms with van der Waals surface area (Å²) >= 11 is 1.23. The molecule has 1 amide bonds. The quantitative estimate of drug-likeness (QED) is 0.465. The monoisotopic (exact) mass is 433 g/mol. The van der Waals surface area contributed by atoms with Gasteiger partial charge in [-0.15, -0.1) is 11.3 Å². The van der Waals surface area contributed by atoms with Crippen LogP contribution in [0.1, 0.15) is 17.3 Å². The number of carbonyl (C=O) groups is 2. The van der Waals surface area contributed by atoms with Gasteiger partial charge in [-0.2, -0.15) is 5.10 Å². The molecule has 2 aromatic carbocycles. The number of nitrogens with zero attached hydrogens (tertiary/aromatic N) is 2. The summed E-state index contributed by atoms with van der Waals surface area (Å²) in [5.41, 5.74) is 1.47. The van der Waals surface area contributed by atoms with Crippen molar-refractivity contribution in [2.45, 2.75) is 13.5 Å². The second kappa shape index (κ2) is 8.93. The van der Waals surface area contributed by atoms with Gasteiger partial charge in [-0.3, -0.25) is 9.59 Å². The van der Waals surface area contributed by atoms with Gasteiger partial charge in [-0.05, 0) is 18.6 Å². The number of aromatic nitrogens is 2. The highest BCUT2D eigenvalue weighted by atomic mass is 32.1. The van der Waals surface area contributed by atoms with E-state index >= 15 is 0 Å². The summed E-state index contributed by atoms with van der Waals surface area (Å²) < 4.78 is 6.31. The molecule has 0 radical (unpaired) electrons. The molecule has 0 fully saturated rings. The van der Waals surface area contributed by atoms with E-state index in [2.05, 4.69) is 10.4 Å². The number of rotatable bonds is 6. The minimum atomic E-state index is -0.515. The number of ether oxygens (including phenoxy) is 1. The van der Waals surface area contributed by atoms with Gasteiger partial charge >= 0.3 is 5.97 Å². The molecular formula is C23H19N3O4S. The molecule has 0 atom stereocenters. The number of carbonyl (C=O) groups excluding carboxylic acids is 2. The third-order valence-electron chi connectivity index (χ3n) is 4.66. The Bertz CT molecular complexity index is 1310. The highest BCUT2D eigenvalue weighted by molar-refractivity contribution is 7.15. The molecule has 0 aliphatic rings. The molecule has 0 unspecified atom stereocenters. The second-order valence-corrected chi connectivity index (χ2v) is 7.56. The maximum absolute atomic E-state index is 12.7. The topological polar surface area (TPSA) is 90.3 Å². The molecule has 7 nitrogen and oxygen atoms in total. The second-order valence-electron chi connectivity index (χ2n) is 6.68. The van der Waals surface area contributed by atoms with Crippen molar-refractivity contribution >= 4 is 39.0 Å². The molecular weight excluding hydrogens is 414 g/mol. The van der Waals surface area contributed by atoms with Crippen LogP contribution < -0.4 is 10.9 Å². The summed E-state index contributed by atoms with van der Waals surface area (Å²) in [6.07, 6.45) is 1.55. The maximum atomic E-state index is 12.7. The van der Waals surface area contributed by atoms with E-state index in [1.165, 1.54) is 11.3 Å². The molecule has 4 rings (SSSR count). The Kier molecular flexibility index (Phi) is 5.90. The molecule has 0 spiro atoms. The average molecular weight is 433 g/mol. The zero-order valence-electron chi connectivity index (χ0n) is 16.7. The van der Waals surface area contributed by atoms with Gasteiger partial charge in [0.25, 0.3) is 5.56 Å². The van der Waals surface area contributed by atoms with Gasteiger partial charge in [-0.25, -0.2) is 9.48 Å². The Morgan fingerprint density at radius 1 is 1.10 bits per heavy atom. The summed E-state index contributed by atoms with van der Waals surface area (Å²) in [6.45, 7) is 1.67. The highest BCUT2D eigenvalue weighted by Gasteiger charge is 2.23. The number of anilines is 1. The third kappa shape index (κ3) is 4.24. The van der Waals surface area contributed by atoms with Crippen molar-refractivity contribution in [2.75, 3.05) is 11.9 Å². The number of esters is 1. The van der Waals surface area contributed by atoms with E-state index in [1.54, 1.807) is 36.7 Å². The van der Waals surface area contributed by atoms with E-state index < -0.39 is 11.9 Å². The molecule has 0 saturated heterocycles. The van der Waals surface area contributed by atoms with Crippen molar-refractivity contribution in [1.29, 1.82) is 0 Å². The summed E-state index contributed by atoms with van der Waals surface area (Å²) in [4.78, 5) is 37.9. The Labute approximate surface area is 181 Å². The van der Waals surface area contributed by atoms with Gasteiger partial charge in [0.15, 0.2) is 0 Å². The predicted molar refractivity (Wildman–Crippen MR) is 120 cm³/mol. The molecule has 1 N–H and O–H groups in total. The SMILES string of the molecule is CCOC(=O)c1c(-c2ccccc2)csc1NC(=O)Cn1ncc2ccccc2c1=O. The first-order valence-electron chi connectivity index (χ1n) is 9.67. The molecule has 31 heavy (non-hydrogen) atoms. The first kappa shape index (κ1) is 20.5. The fraction of sp³-hybridized carbons (Fsp3) is 0.130. The minimum Gasteiger partial charge on any atom is -0.462 e. The number of hydrogen-bond donors (Lipinski definition) is 1. The van der Waals surface area contributed by atoms with E-state index in [0.717, 1.165) is 10.2 Å². The summed E-state index contributed by atoms with van der Waals surface area (Å²) in [5, 5.41) is 10.2. The minimum absolute atomic E-state index is 0.215. The number of benzene rings is 2. The van der Waals surface area contributed by atoms with Crippen molar-refractivity contribution in [3.05, 3.63) is 82.1 Å². The van der Waals surface area contributed by atoms with Crippen LogP contribution in [0.3, 0.4) is 0 Å². The fourth-order valence-electron chi connectivity index (χ4n) is 3.23. The van der Waals surface area contributed by atoms with Gasteiger partial charge in [0.1, 0.15) is 17.1 Å². The van der Waals surface area contributed by atoms with Crippen molar-refractivity contribution in [3.8, 4) is 11.1 Å². The van der Waals surface area contributed by atoms with Crippen LogP contribution in [0.4, 0.5) is 5.00 Å². The average Bonchev–Trinajstić information content (AvgIpc) is 3.20. The van der Waals surface area contributed by atoms with Crippen molar-refractivity contribution in [3.63, 3.8) is 0 Å². The fourth-order valence-corrected chi connectivity index (χ4v) is 4.20. The van der Waals surface area contributed by atoms with Gasteiger partial charge in [0.05, 0.1) is 18.2 Å². The lowest BCUT2D eigenvalue weighted by Gasteiger charge is -2.09. The lowest BCUT2D eigenvalue weighted by atomic mass is 10.0. The highest BCUT2D eigenvalue weighted by Crippen LogP contribution is 2.36. The van der Waals surface area contributed by atoms with E-state index in [-0.39, 0.29) is 18.7 Å². The van der Waals surface area contributed by atoms with Gasteiger partial charge in [0, 0.05) is 16.3 Å². The zero-order chi connectivity index (χ0) is 21.8. The summed E-state index contributed by atoms with van der Waals surface area (Å²) in [7, 11) is 0. The number of thiophene rings is 1. The first-order valence-corrected chi connectivity index (χ1v) is 10.5. The van der Waals surface area contributed by atoms with E-state index in [9.17, 15) is 14.4 Å². The van der Waals surface area contributed by atoms with Crippen molar-refractivity contribution < 1.29 is 14.3 Å². The van der Waals surface area contributed by atoms with E-state index in [1.807, 2.05) is 36.4 Å². The normalized spacial score (nSPS) is 10.7. The number of nitrogens with one attached hydrogen (secondary N) is 1. The maximum Gasteiger partial charge on any atom is 0.341 e. The van der Waals surface area contributed by atoms with Crippen LogP contribution in [-0.4, -0.2) is 28.3 Å². The lowest BCUT2D eigenvalue weighted by molar-refractivity contribution is -0.116. The molecule has 2 heterocycles. The molecule has 0 bridgehead atoms. The van der Waals surface area contributed by atoms with Crippen LogP contribution >= 0.6 is 11.3 Å². The molecule has 8 heteroatoms. The van der Waals surface area contributed by atoms with Crippen molar-refractivity contribution in [2.24, 2.45) is 0 Å². The Morgan fingerprint density at radius 3 is 2.61 bits per heavy atom. The first-order chi connectivity index (χ1) is 15.1. The Balaban J connectivity index is 1.62. The Hall–Kier alpha value is -3.78. The van der Waals surface area contributed by atoms with Crippen LogP contribution in [0.25, 0.3) is 21.9 Å². The van der Waals surface area contributed by atoms with E-state index in [4.69, 9.17) is 4.74 Å². The number of hydrogen-bond acceptors (Lipinski definition) is 6. The van der Waals surface area contributed by atoms with Crippen LogP contribution in [0, 0.1) is 0 Å². The van der Waals surface area contributed by atoms with Crippen LogP contribution in [0.2, 0.25) is 0 Å². The van der Waals surface area contributed by atoms with Crippen LogP contribution in [0.15, 0.2) is 71.0 Å². The van der Waals surface area contributed by atoms with Gasteiger partial charge < -0.3 is 10.1 Å². The molecule has 156 valence electrons. The summed E-state index contributed by atoms with van der Waals surface area (Å²) in [6, 6.07) is 16.5.